The molecule has 3 aromatic rings. The second kappa shape index (κ2) is 8.16. The number of piperazine rings is 1. The van der Waals surface area contributed by atoms with Gasteiger partial charge < -0.3 is 4.90 Å². The SMILES string of the molecule is O=C(c1ccn(-c2cccc(F)c2)n1)N1CCN(S(=O)(=O)c2ccc(F)c(F)c2)CC1. The van der Waals surface area contributed by atoms with Crippen LogP contribution in [-0.2, 0) is 10.0 Å². The molecule has 4 rings (SSSR count). The Kier molecular flexibility index (Phi) is 5.54. The topological polar surface area (TPSA) is 75.5 Å². The van der Waals surface area contributed by atoms with Crippen molar-refractivity contribution in [3.63, 3.8) is 0 Å². The lowest BCUT2D eigenvalue weighted by Crippen LogP contribution is -2.50. The summed E-state index contributed by atoms with van der Waals surface area (Å²) >= 11 is 0. The Hall–Kier alpha value is -3.18. The van der Waals surface area contributed by atoms with Crippen molar-refractivity contribution in [2.45, 2.75) is 4.90 Å². The Morgan fingerprint density at radius 1 is 0.903 bits per heavy atom. The number of benzene rings is 2. The number of rotatable bonds is 4. The predicted octanol–water partition coefficient (Wildman–Crippen LogP) is 2.44. The molecule has 2 heterocycles. The number of hydrogen-bond acceptors (Lipinski definition) is 4. The molecular weight excluding hydrogens is 433 g/mol. The first-order valence-electron chi connectivity index (χ1n) is 9.32. The molecule has 0 unspecified atom stereocenters. The third kappa shape index (κ3) is 4.19. The lowest BCUT2D eigenvalue weighted by molar-refractivity contribution is 0.0691. The second-order valence-corrected chi connectivity index (χ2v) is 8.84. The van der Waals surface area contributed by atoms with E-state index in [1.807, 2.05) is 0 Å². The van der Waals surface area contributed by atoms with E-state index in [1.54, 1.807) is 6.07 Å². The van der Waals surface area contributed by atoms with E-state index in [0.29, 0.717) is 11.8 Å². The molecule has 1 fully saturated rings. The zero-order valence-corrected chi connectivity index (χ0v) is 16.9. The number of amides is 1. The number of sulfonamides is 1. The van der Waals surface area contributed by atoms with Gasteiger partial charge >= 0.3 is 0 Å². The summed E-state index contributed by atoms with van der Waals surface area (Å²) in [4.78, 5) is 13.8. The Balaban J connectivity index is 1.44. The summed E-state index contributed by atoms with van der Waals surface area (Å²) in [7, 11) is -4.02. The molecule has 0 bridgehead atoms. The van der Waals surface area contributed by atoms with Gasteiger partial charge in [0.2, 0.25) is 10.0 Å². The Morgan fingerprint density at radius 2 is 1.65 bits per heavy atom. The minimum atomic E-state index is -4.02. The molecule has 1 amide bonds. The Bertz CT molecular complexity index is 1240. The number of halogens is 3. The number of aromatic nitrogens is 2. The molecule has 1 aliphatic heterocycles. The summed E-state index contributed by atoms with van der Waals surface area (Å²) in [5, 5.41) is 4.18. The zero-order chi connectivity index (χ0) is 22.2. The van der Waals surface area contributed by atoms with Crippen molar-refractivity contribution in [3.05, 3.63) is 77.9 Å². The molecule has 0 saturated carbocycles. The zero-order valence-electron chi connectivity index (χ0n) is 16.1. The largest absolute Gasteiger partial charge is 0.335 e. The Labute approximate surface area is 176 Å². The van der Waals surface area contributed by atoms with E-state index in [-0.39, 0.29) is 42.7 Å². The maximum Gasteiger partial charge on any atom is 0.274 e. The number of carbonyl (C=O) groups is 1. The van der Waals surface area contributed by atoms with Gasteiger partial charge in [0.1, 0.15) is 5.82 Å². The van der Waals surface area contributed by atoms with E-state index in [2.05, 4.69) is 5.10 Å². The highest BCUT2D eigenvalue weighted by Crippen LogP contribution is 2.20. The monoisotopic (exact) mass is 450 g/mol. The van der Waals surface area contributed by atoms with Crippen molar-refractivity contribution >= 4 is 15.9 Å². The van der Waals surface area contributed by atoms with Gasteiger partial charge in [0.25, 0.3) is 5.91 Å². The van der Waals surface area contributed by atoms with Crippen molar-refractivity contribution < 1.29 is 26.4 Å². The van der Waals surface area contributed by atoms with Gasteiger partial charge in [-0.05, 0) is 42.5 Å². The van der Waals surface area contributed by atoms with E-state index in [1.165, 1.54) is 40.0 Å². The minimum absolute atomic E-state index is 0.00231. The second-order valence-electron chi connectivity index (χ2n) is 6.90. The summed E-state index contributed by atoms with van der Waals surface area (Å²) in [5.41, 5.74) is 0.600. The van der Waals surface area contributed by atoms with Gasteiger partial charge in [-0.1, -0.05) is 6.07 Å². The lowest BCUT2D eigenvalue weighted by atomic mass is 10.3. The van der Waals surface area contributed by atoms with E-state index < -0.39 is 27.5 Å². The molecule has 31 heavy (non-hydrogen) atoms. The smallest absolute Gasteiger partial charge is 0.274 e. The molecule has 162 valence electrons. The van der Waals surface area contributed by atoms with Crippen LogP contribution in [-0.4, -0.2) is 59.5 Å². The van der Waals surface area contributed by atoms with Crippen LogP contribution < -0.4 is 0 Å². The summed E-state index contributed by atoms with van der Waals surface area (Å²) in [6.45, 7) is 0.207. The van der Waals surface area contributed by atoms with Crippen LogP contribution in [0.5, 0.6) is 0 Å². The van der Waals surface area contributed by atoms with Crippen molar-refractivity contribution in [2.75, 3.05) is 26.2 Å². The number of carbonyl (C=O) groups excluding carboxylic acids is 1. The normalized spacial score (nSPS) is 15.3. The highest BCUT2D eigenvalue weighted by molar-refractivity contribution is 7.89. The average molecular weight is 450 g/mol. The third-order valence-electron chi connectivity index (χ3n) is 4.94. The van der Waals surface area contributed by atoms with Crippen molar-refractivity contribution in [2.24, 2.45) is 0 Å². The number of nitrogens with zero attached hydrogens (tertiary/aromatic N) is 4. The summed E-state index contributed by atoms with van der Waals surface area (Å²) in [5.74, 6) is -3.20. The standard InChI is InChI=1S/C20H17F3N4O3S/c21-14-2-1-3-15(12-14)27-7-6-19(24-27)20(28)25-8-10-26(11-9-25)31(29,30)16-4-5-17(22)18(23)13-16/h1-7,12-13H,8-11H2. The van der Waals surface area contributed by atoms with E-state index in [0.717, 1.165) is 16.4 Å². The van der Waals surface area contributed by atoms with Crippen LogP contribution >= 0.6 is 0 Å². The van der Waals surface area contributed by atoms with Crippen LogP contribution in [0.3, 0.4) is 0 Å². The van der Waals surface area contributed by atoms with Gasteiger partial charge in [0, 0.05) is 32.4 Å². The third-order valence-corrected chi connectivity index (χ3v) is 6.83. The molecule has 1 aliphatic rings. The van der Waals surface area contributed by atoms with Crippen molar-refractivity contribution in [1.29, 1.82) is 0 Å². The molecule has 0 radical (unpaired) electrons. The van der Waals surface area contributed by atoms with E-state index in [4.69, 9.17) is 0 Å². The Morgan fingerprint density at radius 3 is 2.32 bits per heavy atom. The van der Waals surface area contributed by atoms with Gasteiger partial charge in [-0.15, -0.1) is 0 Å². The van der Waals surface area contributed by atoms with Gasteiger partial charge in [-0.3, -0.25) is 4.79 Å². The summed E-state index contributed by atoms with van der Waals surface area (Å²) in [6.07, 6.45) is 1.53. The molecule has 0 atom stereocenters. The van der Waals surface area contributed by atoms with Crippen molar-refractivity contribution in [1.82, 2.24) is 19.0 Å². The summed E-state index contributed by atoms with van der Waals surface area (Å²) in [6, 6.07) is 9.66. The van der Waals surface area contributed by atoms with Crippen molar-refractivity contribution in [3.8, 4) is 5.69 Å². The maximum atomic E-state index is 13.4. The first kappa shape index (κ1) is 21.1. The molecular formula is C20H17F3N4O3S. The van der Waals surface area contributed by atoms with Crippen LogP contribution in [0.2, 0.25) is 0 Å². The van der Waals surface area contributed by atoms with Crippen LogP contribution in [0, 0.1) is 17.5 Å². The molecule has 0 aliphatic carbocycles. The minimum Gasteiger partial charge on any atom is -0.335 e. The fraction of sp³-hybridized carbons (Fsp3) is 0.200. The van der Waals surface area contributed by atoms with Gasteiger partial charge in [-0.2, -0.15) is 9.40 Å². The molecule has 0 spiro atoms. The molecule has 7 nitrogen and oxygen atoms in total. The van der Waals surface area contributed by atoms with Crippen LogP contribution in [0.25, 0.3) is 5.69 Å². The average Bonchev–Trinajstić information content (AvgIpc) is 3.25. The molecule has 0 N–H and O–H groups in total. The highest BCUT2D eigenvalue weighted by atomic mass is 32.2. The predicted molar refractivity (Wildman–Crippen MR) is 105 cm³/mol. The van der Waals surface area contributed by atoms with Crippen LogP contribution in [0.1, 0.15) is 10.5 Å². The molecule has 2 aromatic carbocycles. The van der Waals surface area contributed by atoms with Crippen LogP contribution in [0.15, 0.2) is 59.6 Å². The highest BCUT2D eigenvalue weighted by Gasteiger charge is 2.31. The fourth-order valence-electron chi connectivity index (χ4n) is 3.28. The molecule has 1 aromatic heterocycles. The van der Waals surface area contributed by atoms with Crippen LogP contribution in [0.4, 0.5) is 13.2 Å². The first-order chi connectivity index (χ1) is 14.8. The fourth-order valence-corrected chi connectivity index (χ4v) is 4.71. The first-order valence-corrected chi connectivity index (χ1v) is 10.8. The molecule has 1 saturated heterocycles. The summed E-state index contributed by atoms with van der Waals surface area (Å²) < 4.78 is 67.8. The number of hydrogen-bond donors (Lipinski definition) is 0. The van der Waals surface area contributed by atoms with Gasteiger partial charge in [0.05, 0.1) is 10.6 Å². The van der Waals surface area contributed by atoms with E-state index >= 15 is 0 Å². The van der Waals surface area contributed by atoms with Gasteiger partial charge in [0.15, 0.2) is 17.3 Å². The van der Waals surface area contributed by atoms with E-state index in [9.17, 15) is 26.4 Å². The lowest BCUT2D eigenvalue weighted by Gasteiger charge is -2.33. The molecule has 11 heteroatoms. The van der Waals surface area contributed by atoms with Gasteiger partial charge in [-0.25, -0.2) is 26.3 Å². The maximum absolute atomic E-state index is 13.4. The quantitative estimate of drug-likeness (QED) is 0.612.